The molecule has 0 aromatic heterocycles. The van der Waals surface area contributed by atoms with Crippen LogP contribution in [0.5, 0.6) is 0 Å². The molecule has 2 heteroatoms. The minimum atomic E-state index is 1.02. The summed E-state index contributed by atoms with van der Waals surface area (Å²) in [5, 5.41) is 11.5. The van der Waals surface area contributed by atoms with Gasteiger partial charge in [0.2, 0.25) is 0 Å². The monoisotopic (exact) mass is 173 g/mol. The highest BCUT2D eigenvalue weighted by Crippen LogP contribution is 2.24. The number of allylic oxidation sites excluding steroid dienone is 2. The molecule has 0 amide bonds. The van der Waals surface area contributed by atoms with Gasteiger partial charge in [-0.1, -0.05) is 35.5 Å². The zero-order chi connectivity index (χ0) is 9.10. The van der Waals surface area contributed by atoms with Gasteiger partial charge < -0.3 is 5.21 Å². The Kier molecular flexibility index (Phi) is 2.13. The number of nitrogens with zero attached hydrogens (tertiary/aromatic N) is 1. The quantitative estimate of drug-likeness (QED) is 0.395. The van der Waals surface area contributed by atoms with Gasteiger partial charge >= 0.3 is 0 Å². The fraction of sp³-hybridized carbons (Fsp3) is 0.182. The Morgan fingerprint density at radius 1 is 1.31 bits per heavy atom. The molecule has 2 rings (SSSR count). The lowest BCUT2D eigenvalue weighted by Crippen LogP contribution is -1.99. The molecule has 0 spiro atoms. The highest BCUT2D eigenvalue weighted by Gasteiger charge is 2.09. The van der Waals surface area contributed by atoms with Gasteiger partial charge in [0.25, 0.3) is 0 Å². The number of rotatable bonds is 1. The number of fused-ring (bicyclic) bond motifs is 1. The lowest BCUT2D eigenvalue weighted by Gasteiger charge is -2.13. The van der Waals surface area contributed by atoms with Crippen molar-refractivity contribution in [2.45, 2.75) is 12.8 Å². The van der Waals surface area contributed by atoms with E-state index in [-0.39, 0.29) is 0 Å². The molecule has 0 fully saturated rings. The van der Waals surface area contributed by atoms with E-state index in [1.54, 1.807) is 0 Å². The molecule has 1 aromatic rings. The van der Waals surface area contributed by atoms with E-state index in [4.69, 9.17) is 5.21 Å². The zero-order valence-corrected chi connectivity index (χ0v) is 7.27. The molecule has 0 heterocycles. The maximum atomic E-state index is 8.47. The number of hydrogen-bond acceptors (Lipinski definition) is 2. The van der Waals surface area contributed by atoms with E-state index in [9.17, 15) is 0 Å². The predicted octanol–water partition coefficient (Wildman–Crippen LogP) is 2.48. The summed E-state index contributed by atoms with van der Waals surface area (Å²) in [6, 6.07) is 8.22. The highest BCUT2D eigenvalue weighted by atomic mass is 16.4. The second-order valence-electron chi connectivity index (χ2n) is 3.10. The molecule has 2 nitrogen and oxygen atoms in total. The van der Waals surface area contributed by atoms with Crippen LogP contribution in [0.25, 0.3) is 5.57 Å². The Bertz CT molecular complexity index is 366. The highest BCUT2D eigenvalue weighted by molar-refractivity contribution is 6.10. The fourth-order valence-corrected chi connectivity index (χ4v) is 1.70. The van der Waals surface area contributed by atoms with E-state index in [1.165, 1.54) is 17.3 Å². The van der Waals surface area contributed by atoms with Gasteiger partial charge in [-0.25, -0.2) is 0 Å². The van der Waals surface area contributed by atoms with Crippen molar-refractivity contribution >= 4 is 11.8 Å². The molecule has 0 unspecified atom stereocenters. The number of aryl methyl sites for hydroxylation is 1. The van der Waals surface area contributed by atoms with Gasteiger partial charge in [0.1, 0.15) is 0 Å². The first-order valence-electron chi connectivity index (χ1n) is 4.37. The van der Waals surface area contributed by atoms with Crippen LogP contribution in [0, 0.1) is 0 Å². The largest absolute Gasteiger partial charge is 0.411 e. The Morgan fingerprint density at radius 2 is 2.15 bits per heavy atom. The Labute approximate surface area is 77.2 Å². The predicted molar refractivity (Wildman–Crippen MR) is 53.0 cm³/mol. The topological polar surface area (TPSA) is 32.6 Å². The van der Waals surface area contributed by atoms with Gasteiger partial charge in [0, 0.05) is 0 Å². The van der Waals surface area contributed by atoms with Crippen LogP contribution in [0.1, 0.15) is 17.5 Å². The average Bonchev–Trinajstić information content (AvgIpc) is 2.19. The van der Waals surface area contributed by atoms with E-state index >= 15 is 0 Å². The molecule has 0 radical (unpaired) electrons. The lowest BCUT2D eigenvalue weighted by atomic mass is 9.91. The maximum absolute atomic E-state index is 8.47. The Balaban J connectivity index is 2.47. The molecule has 1 aliphatic carbocycles. The van der Waals surface area contributed by atoms with E-state index < -0.39 is 0 Å². The summed E-state index contributed by atoms with van der Waals surface area (Å²) in [4.78, 5) is 0. The van der Waals surface area contributed by atoms with Gasteiger partial charge in [0.05, 0.1) is 6.21 Å². The van der Waals surface area contributed by atoms with Crippen LogP contribution in [0.4, 0.5) is 0 Å². The molecule has 13 heavy (non-hydrogen) atoms. The van der Waals surface area contributed by atoms with Crippen molar-refractivity contribution in [3.63, 3.8) is 0 Å². The number of oxime groups is 1. The van der Waals surface area contributed by atoms with E-state index in [1.807, 2.05) is 12.1 Å². The van der Waals surface area contributed by atoms with Crippen LogP contribution in [-0.4, -0.2) is 11.4 Å². The normalized spacial score (nSPS) is 15.5. The third-order valence-corrected chi connectivity index (χ3v) is 2.30. The number of hydrogen-bond donors (Lipinski definition) is 1. The summed E-state index contributed by atoms with van der Waals surface area (Å²) >= 11 is 0. The molecule has 1 N–H and O–H groups in total. The first-order chi connectivity index (χ1) is 6.42. The van der Waals surface area contributed by atoms with Crippen LogP contribution in [0.2, 0.25) is 0 Å². The van der Waals surface area contributed by atoms with Crippen LogP contribution in [0.15, 0.2) is 35.5 Å². The summed E-state index contributed by atoms with van der Waals surface area (Å²) in [5.41, 5.74) is 3.54. The fourth-order valence-electron chi connectivity index (χ4n) is 1.70. The molecular weight excluding hydrogens is 162 g/mol. The molecule has 0 atom stereocenters. The summed E-state index contributed by atoms with van der Waals surface area (Å²) in [6.45, 7) is 0. The maximum Gasteiger partial charge on any atom is 0.0736 e. The smallest absolute Gasteiger partial charge is 0.0736 e. The van der Waals surface area contributed by atoms with E-state index in [2.05, 4.69) is 23.4 Å². The van der Waals surface area contributed by atoms with Gasteiger partial charge in [-0.15, -0.1) is 0 Å². The molecule has 0 bridgehead atoms. The Morgan fingerprint density at radius 3 is 3.00 bits per heavy atom. The SMILES string of the molecule is O/N=C/C1=CCCc2ccccc21. The first kappa shape index (κ1) is 8.05. The summed E-state index contributed by atoms with van der Waals surface area (Å²) in [7, 11) is 0. The molecule has 1 aromatic carbocycles. The van der Waals surface area contributed by atoms with Crippen molar-refractivity contribution in [2.24, 2.45) is 5.16 Å². The zero-order valence-electron chi connectivity index (χ0n) is 7.27. The van der Waals surface area contributed by atoms with Crippen molar-refractivity contribution in [1.29, 1.82) is 0 Å². The van der Waals surface area contributed by atoms with Crippen molar-refractivity contribution in [1.82, 2.24) is 0 Å². The van der Waals surface area contributed by atoms with Crippen LogP contribution in [0.3, 0.4) is 0 Å². The molecule has 0 saturated carbocycles. The van der Waals surface area contributed by atoms with Crippen LogP contribution in [-0.2, 0) is 6.42 Å². The van der Waals surface area contributed by atoms with Gasteiger partial charge in [0.15, 0.2) is 0 Å². The molecule has 66 valence electrons. The summed E-state index contributed by atoms with van der Waals surface area (Å²) in [6.07, 6.45) is 5.71. The second kappa shape index (κ2) is 3.44. The molecule has 0 aliphatic heterocycles. The van der Waals surface area contributed by atoms with E-state index in [0.29, 0.717) is 0 Å². The van der Waals surface area contributed by atoms with E-state index in [0.717, 1.165) is 18.4 Å². The van der Waals surface area contributed by atoms with Crippen molar-refractivity contribution < 1.29 is 5.21 Å². The van der Waals surface area contributed by atoms with Crippen molar-refractivity contribution in [3.8, 4) is 0 Å². The minimum Gasteiger partial charge on any atom is -0.411 e. The third-order valence-electron chi connectivity index (χ3n) is 2.30. The first-order valence-corrected chi connectivity index (χ1v) is 4.37. The van der Waals surface area contributed by atoms with Gasteiger partial charge in [-0.3, -0.25) is 0 Å². The third kappa shape index (κ3) is 1.47. The molecule has 1 aliphatic rings. The van der Waals surface area contributed by atoms with Gasteiger partial charge in [-0.05, 0) is 29.5 Å². The summed E-state index contributed by atoms with van der Waals surface area (Å²) in [5.74, 6) is 0. The van der Waals surface area contributed by atoms with Crippen molar-refractivity contribution in [3.05, 3.63) is 41.5 Å². The minimum absolute atomic E-state index is 1.02. The Hall–Kier alpha value is -1.57. The van der Waals surface area contributed by atoms with Crippen molar-refractivity contribution in [2.75, 3.05) is 0 Å². The molecule has 0 saturated heterocycles. The standard InChI is InChI=1S/C11H11NO/c13-12-8-10-6-3-5-9-4-1-2-7-11(9)10/h1-2,4,6-8,13H,3,5H2/b12-8+. The number of benzene rings is 1. The van der Waals surface area contributed by atoms with Crippen LogP contribution >= 0.6 is 0 Å². The summed E-state index contributed by atoms with van der Waals surface area (Å²) < 4.78 is 0. The second-order valence-corrected chi connectivity index (χ2v) is 3.10. The molecular formula is C11H11NO. The average molecular weight is 173 g/mol. The van der Waals surface area contributed by atoms with Gasteiger partial charge in [-0.2, -0.15) is 0 Å². The van der Waals surface area contributed by atoms with Crippen LogP contribution < -0.4 is 0 Å². The lowest BCUT2D eigenvalue weighted by molar-refractivity contribution is 0.322.